The summed E-state index contributed by atoms with van der Waals surface area (Å²) < 4.78 is 11.0. The summed E-state index contributed by atoms with van der Waals surface area (Å²) in [5.74, 6) is 0.0532. The smallest absolute Gasteiger partial charge is 0.262 e. The minimum atomic E-state index is -0.817. The van der Waals surface area contributed by atoms with E-state index in [4.69, 9.17) is 32.7 Å². The molecule has 2 N–H and O–H groups in total. The predicted octanol–water partition coefficient (Wildman–Crippen LogP) is 4.69. The first-order valence-electron chi connectivity index (χ1n) is 10.1. The van der Waals surface area contributed by atoms with E-state index in [9.17, 15) is 9.59 Å². The van der Waals surface area contributed by atoms with Gasteiger partial charge >= 0.3 is 0 Å². The van der Waals surface area contributed by atoms with Crippen LogP contribution in [-0.2, 0) is 4.79 Å². The number of methoxy groups -OCH3 is 1. The fraction of sp³-hybridized carbons (Fsp3) is 0.348. The molecule has 0 fully saturated rings. The second kappa shape index (κ2) is 11.7. The molecule has 0 aliphatic rings. The number of hydrogen-bond donors (Lipinski definition) is 2. The summed E-state index contributed by atoms with van der Waals surface area (Å²) in [6.07, 6.45) is 1.49. The highest BCUT2D eigenvalue weighted by Gasteiger charge is 2.25. The maximum atomic E-state index is 12.6. The molecule has 0 radical (unpaired) electrons. The summed E-state index contributed by atoms with van der Waals surface area (Å²) in [6.45, 7) is 7.48. The highest BCUT2D eigenvalue weighted by molar-refractivity contribution is 6.36. The van der Waals surface area contributed by atoms with Gasteiger partial charge in [0.2, 0.25) is 0 Å². The fourth-order valence-corrected chi connectivity index (χ4v) is 3.28. The van der Waals surface area contributed by atoms with Crippen LogP contribution < -0.4 is 20.2 Å². The predicted molar refractivity (Wildman–Crippen MR) is 127 cm³/mol. The van der Waals surface area contributed by atoms with E-state index < -0.39 is 17.9 Å². The fourth-order valence-electron chi connectivity index (χ4n) is 2.78. The first-order chi connectivity index (χ1) is 15.1. The number of carbonyl (C=O) groups excluding carboxylic acids is 2. The Kier molecular flexibility index (Phi) is 9.35. The van der Waals surface area contributed by atoms with E-state index in [1.807, 2.05) is 27.7 Å². The Morgan fingerprint density at radius 2 is 1.75 bits per heavy atom. The largest absolute Gasteiger partial charge is 0.493 e. The van der Waals surface area contributed by atoms with Gasteiger partial charge in [0.05, 0.1) is 30.0 Å². The molecular weight excluding hydrogens is 453 g/mol. The van der Waals surface area contributed by atoms with Crippen LogP contribution in [0.3, 0.4) is 0 Å². The van der Waals surface area contributed by atoms with Gasteiger partial charge in [0.25, 0.3) is 11.8 Å². The van der Waals surface area contributed by atoms with E-state index in [0.717, 1.165) is 0 Å². The van der Waals surface area contributed by atoms with E-state index in [2.05, 4.69) is 15.8 Å². The molecule has 172 valence electrons. The van der Waals surface area contributed by atoms with Crippen LogP contribution in [0.25, 0.3) is 0 Å². The molecule has 2 aromatic rings. The summed E-state index contributed by atoms with van der Waals surface area (Å²) in [7, 11) is 1.55. The average molecular weight is 480 g/mol. The zero-order valence-corrected chi connectivity index (χ0v) is 20.1. The van der Waals surface area contributed by atoms with Gasteiger partial charge in [0.1, 0.15) is 6.04 Å². The van der Waals surface area contributed by atoms with E-state index in [1.165, 1.54) is 18.3 Å². The Labute approximate surface area is 198 Å². The Morgan fingerprint density at radius 1 is 1.03 bits per heavy atom. The van der Waals surface area contributed by atoms with Crippen molar-refractivity contribution in [2.24, 2.45) is 11.0 Å². The lowest BCUT2D eigenvalue weighted by molar-refractivity contribution is -0.123. The number of rotatable bonds is 9. The van der Waals surface area contributed by atoms with Gasteiger partial charge in [-0.3, -0.25) is 9.59 Å². The molecule has 0 saturated heterocycles. The lowest BCUT2D eigenvalue weighted by atomic mass is 10.0. The third-order valence-corrected chi connectivity index (χ3v) is 4.90. The van der Waals surface area contributed by atoms with Gasteiger partial charge in [0, 0.05) is 5.02 Å². The van der Waals surface area contributed by atoms with Gasteiger partial charge in [0.15, 0.2) is 11.5 Å². The molecule has 0 aliphatic carbocycles. The molecule has 0 bridgehead atoms. The maximum Gasteiger partial charge on any atom is 0.262 e. The number of carbonyl (C=O) groups is 2. The third kappa shape index (κ3) is 7.14. The molecule has 2 aromatic carbocycles. The van der Waals surface area contributed by atoms with Crippen molar-refractivity contribution in [3.05, 3.63) is 57.6 Å². The van der Waals surface area contributed by atoms with E-state index in [-0.39, 0.29) is 22.6 Å². The molecule has 9 heteroatoms. The lowest BCUT2D eigenvalue weighted by Gasteiger charge is -2.20. The van der Waals surface area contributed by atoms with Gasteiger partial charge in [-0.15, -0.1) is 0 Å². The quantitative estimate of drug-likeness (QED) is 0.403. The van der Waals surface area contributed by atoms with Crippen molar-refractivity contribution in [3.63, 3.8) is 0 Å². The topological polar surface area (TPSA) is 89.0 Å². The lowest BCUT2D eigenvalue weighted by Crippen LogP contribution is -2.48. The van der Waals surface area contributed by atoms with Crippen LogP contribution >= 0.6 is 23.2 Å². The normalized spacial score (nSPS) is 12.2. The summed E-state index contributed by atoms with van der Waals surface area (Å²) >= 11 is 12.0. The number of benzene rings is 2. The van der Waals surface area contributed by atoms with Crippen molar-refractivity contribution in [2.45, 2.75) is 39.8 Å². The van der Waals surface area contributed by atoms with Gasteiger partial charge < -0.3 is 14.8 Å². The first kappa shape index (κ1) is 25.5. The molecule has 32 heavy (non-hydrogen) atoms. The Bertz CT molecular complexity index is 993. The van der Waals surface area contributed by atoms with Crippen LogP contribution in [0.2, 0.25) is 10.0 Å². The average Bonchev–Trinajstić information content (AvgIpc) is 2.72. The Balaban J connectivity index is 2.06. The van der Waals surface area contributed by atoms with Crippen molar-refractivity contribution < 1.29 is 19.1 Å². The summed E-state index contributed by atoms with van der Waals surface area (Å²) in [4.78, 5) is 25.2. The number of halogens is 2. The molecular formula is C23H27Cl2N3O4. The zero-order chi connectivity index (χ0) is 23.8. The van der Waals surface area contributed by atoms with Gasteiger partial charge in [-0.2, -0.15) is 5.10 Å². The highest BCUT2D eigenvalue weighted by atomic mass is 35.5. The molecule has 0 spiro atoms. The monoisotopic (exact) mass is 479 g/mol. The Morgan fingerprint density at radius 3 is 2.34 bits per heavy atom. The van der Waals surface area contributed by atoms with Crippen molar-refractivity contribution in [1.82, 2.24) is 10.7 Å². The SMILES string of the molecule is COc1cc(C=NNC(=O)C(NC(=O)c2ccc(Cl)cc2Cl)C(C)C)ccc1OC(C)C. The second-order valence-electron chi connectivity index (χ2n) is 7.63. The molecule has 1 unspecified atom stereocenters. The standard InChI is InChI=1S/C23H27Cl2N3O4/c1-13(2)21(27-22(29)17-8-7-16(24)11-18(17)25)23(30)28-26-12-15-6-9-19(32-14(3)4)20(10-15)31-5/h6-14,21H,1-5H3,(H,27,29)(H,28,30). The molecule has 0 aromatic heterocycles. The van der Waals surface area contributed by atoms with Crippen LogP contribution in [0.15, 0.2) is 41.5 Å². The number of nitrogens with zero attached hydrogens (tertiary/aromatic N) is 1. The summed E-state index contributed by atoms with van der Waals surface area (Å²) in [6, 6.07) is 9.03. The third-order valence-electron chi connectivity index (χ3n) is 4.35. The van der Waals surface area contributed by atoms with Crippen molar-refractivity contribution in [1.29, 1.82) is 0 Å². The van der Waals surface area contributed by atoms with E-state index in [1.54, 1.807) is 31.4 Å². The summed E-state index contributed by atoms with van der Waals surface area (Å²) in [5, 5.41) is 7.32. The second-order valence-corrected chi connectivity index (χ2v) is 8.47. The highest BCUT2D eigenvalue weighted by Crippen LogP contribution is 2.28. The van der Waals surface area contributed by atoms with Crippen LogP contribution in [0.1, 0.15) is 43.6 Å². The molecule has 2 amide bonds. The van der Waals surface area contributed by atoms with E-state index in [0.29, 0.717) is 22.1 Å². The zero-order valence-electron chi connectivity index (χ0n) is 18.6. The molecule has 2 rings (SSSR count). The maximum absolute atomic E-state index is 12.6. The number of amides is 2. The minimum Gasteiger partial charge on any atom is -0.493 e. The first-order valence-corrected chi connectivity index (χ1v) is 10.8. The molecule has 0 heterocycles. The van der Waals surface area contributed by atoms with Crippen molar-refractivity contribution in [2.75, 3.05) is 7.11 Å². The van der Waals surface area contributed by atoms with Crippen molar-refractivity contribution in [3.8, 4) is 11.5 Å². The minimum absolute atomic E-state index is 0.00800. The number of ether oxygens (including phenoxy) is 2. The van der Waals surface area contributed by atoms with Gasteiger partial charge in [-0.25, -0.2) is 5.43 Å². The van der Waals surface area contributed by atoms with Gasteiger partial charge in [-0.05, 0) is 61.7 Å². The van der Waals surface area contributed by atoms with Crippen molar-refractivity contribution >= 4 is 41.2 Å². The molecule has 1 atom stereocenters. The van der Waals surface area contributed by atoms with Crippen LogP contribution in [0, 0.1) is 5.92 Å². The van der Waals surface area contributed by atoms with Crippen LogP contribution in [-0.4, -0.2) is 37.3 Å². The molecule has 0 aliphatic heterocycles. The number of nitrogens with one attached hydrogen (secondary N) is 2. The van der Waals surface area contributed by atoms with E-state index >= 15 is 0 Å². The van der Waals surface area contributed by atoms with Crippen LogP contribution in [0.4, 0.5) is 0 Å². The van der Waals surface area contributed by atoms with Gasteiger partial charge in [-0.1, -0.05) is 37.0 Å². The van der Waals surface area contributed by atoms with Crippen LogP contribution in [0.5, 0.6) is 11.5 Å². The molecule has 7 nitrogen and oxygen atoms in total. The summed E-state index contributed by atoms with van der Waals surface area (Å²) in [5.41, 5.74) is 3.40. The Hall–Kier alpha value is -2.77. The molecule has 0 saturated carbocycles. The number of hydrazone groups is 1. The number of hydrogen-bond acceptors (Lipinski definition) is 5.